The molecule has 0 aliphatic carbocycles. The third-order valence-corrected chi connectivity index (χ3v) is 3.76. The van der Waals surface area contributed by atoms with E-state index in [1.165, 1.54) is 0 Å². The van der Waals surface area contributed by atoms with E-state index in [1.807, 2.05) is 24.3 Å². The molecular formula is C19H23NO3. The van der Waals surface area contributed by atoms with Crippen LogP contribution in [-0.4, -0.2) is 18.1 Å². The van der Waals surface area contributed by atoms with Gasteiger partial charge in [-0.2, -0.15) is 0 Å². The van der Waals surface area contributed by atoms with Crippen LogP contribution in [0.15, 0.2) is 48.5 Å². The number of nitrogens with one attached hydrogen (secondary N) is 1. The van der Waals surface area contributed by atoms with Gasteiger partial charge in [0.1, 0.15) is 11.5 Å². The summed E-state index contributed by atoms with van der Waals surface area (Å²) in [6.45, 7) is 4.16. The van der Waals surface area contributed by atoms with Gasteiger partial charge in [0.2, 0.25) is 5.91 Å². The van der Waals surface area contributed by atoms with Gasteiger partial charge in [0.15, 0.2) is 0 Å². The number of rotatable bonds is 6. The zero-order chi connectivity index (χ0) is 16.8. The molecule has 0 aliphatic heterocycles. The summed E-state index contributed by atoms with van der Waals surface area (Å²) in [6, 6.07) is 14.4. The van der Waals surface area contributed by atoms with Crippen LogP contribution >= 0.6 is 0 Å². The summed E-state index contributed by atoms with van der Waals surface area (Å²) in [4.78, 5) is 12.3. The predicted octanol–water partition coefficient (Wildman–Crippen LogP) is 3.46. The highest BCUT2D eigenvalue weighted by molar-refractivity contribution is 5.79. The van der Waals surface area contributed by atoms with Crippen LogP contribution in [0, 0.1) is 5.92 Å². The Kier molecular flexibility index (Phi) is 5.63. The van der Waals surface area contributed by atoms with Crippen LogP contribution in [0.3, 0.4) is 0 Å². The predicted molar refractivity (Wildman–Crippen MR) is 90.5 cm³/mol. The Balaban J connectivity index is 2.06. The van der Waals surface area contributed by atoms with Gasteiger partial charge >= 0.3 is 0 Å². The van der Waals surface area contributed by atoms with Crippen LogP contribution in [0.2, 0.25) is 0 Å². The van der Waals surface area contributed by atoms with E-state index in [-0.39, 0.29) is 23.6 Å². The Morgan fingerprint density at radius 2 is 1.70 bits per heavy atom. The van der Waals surface area contributed by atoms with Crippen molar-refractivity contribution >= 4 is 5.91 Å². The lowest BCUT2D eigenvalue weighted by molar-refractivity contribution is -0.121. The smallest absolute Gasteiger partial charge is 0.224 e. The summed E-state index contributed by atoms with van der Waals surface area (Å²) in [6.07, 6.45) is 0.291. The highest BCUT2D eigenvalue weighted by atomic mass is 16.5. The number of methoxy groups -OCH3 is 1. The van der Waals surface area contributed by atoms with Crippen molar-refractivity contribution in [3.05, 3.63) is 59.7 Å². The second-order valence-electron chi connectivity index (χ2n) is 5.91. The number of phenolic OH excluding ortho intramolecular Hbond substituents is 1. The third kappa shape index (κ3) is 4.74. The molecule has 4 heteroatoms. The first kappa shape index (κ1) is 16.9. The van der Waals surface area contributed by atoms with Crippen molar-refractivity contribution in [3.63, 3.8) is 0 Å². The maximum absolute atomic E-state index is 12.3. The quantitative estimate of drug-likeness (QED) is 0.858. The fourth-order valence-electron chi connectivity index (χ4n) is 2.47. The molecule has 1 unspecified atom stereocenters. The molecule has 122 valence electrons. The average Bonchev–Trinajstić information content (AvgIpc) is 2.55. The van der Waals surface area contributed by atoms with Gasteiger partial charge in [-0.25, -0.2) is 0 Å². The number of hydrogen-bond donors (Lipinski definition) is 2. The molecule has 0 fully saturated rings. The lowest BCUT2D eigenvalue weighted by atomic mass is 9.95. The molecule has 23 heavy (non-hydrogen) atoms. The lowest BCUT2D eigenvalue weighted by Gasteiger charge is -2.23. The van der Waals surface area contributed by atoms with Crippen molar-refractivity contribution in [2.45, 2.75) is 26.3 Å². The molecule has 2 aromatic rings. The summed E-state index contributed by atoms with van der Waals surface area (Å²) < 4.78 is 5.17. The standard InChI is InChI=1S/C19H23NO3/c1-13(2)19(15-6-10-17(23-3)11-7-15)20-18(22)12-14-4-8-16(21)9-5-14/h4-11,13,19,21H,12H2,1-3H3,(H,20,22). The number of hydrogen-bond acceptors (Lipinski definition) is 3. The highest BCUT2D eigenvalue weighted by Crippen LogP contribution is 2.24. The van der Waals surface area contributed by atoms with Gasteiger partial charge in [-0.3, -0.25) is 4.79 Å². The van der Waals surface area contributed by atoms with Gasteiger partial charge in [-0.1, -0.05) is 38.1 Å². The second kappa shape index (κ2) is 7.68. The molecule has 2 aromatic carbocycles. The highest BCUT2D eigenvalue weighted by Gasteiger charge is 2.18. The van der Waals surface area contributed by atoms with Gasteiger partial charge in [0.25, 0.3) is 0 Å². The fraction of sp³-hybridized carbons (Fsp3) is 0.316. The average molecular weight is 313 g/mol. The summed E-state index contributed by atoms with van der Waals surface area (Å²) in [7, 11) is 1.63. The monoisotopic (exact) mass is 313 g/mol. The fourth-order valence-corrected chi connectivity index (χ4v) is 2.47. The Hall–Kier alpha value is -2.49. The Morgan fingerprint density at radius 1 is 1.09 bits per heavy atom. The number of ether oxygens (including phenoxy) is 1. The molecule has 1 atom stereocenters. The molecular weight excluding hydrogens is 290 g/mol. The van der Waals surface area contributed by atoms with Crippen molar-refractivity contribution in [2.24, 2.45) is 5.92 Å². The summed E-state index contributed by atoms with van der Waals surface area (Å²) in [5, 5.41) is 12.4. The maximum Gasteiger partial charge on any atom is 0.224 e. The number of amides is 1. The number of aromatic hydroxyl groups is 1. The van der Waals surface area contributed by atoms with Crippen LogP contribution < -0.4 is 10.1 Å². The van der Waals surface area contributed by atoms with E-state index >= 15 is 0 Å². The van der Waals surface area contributed by atoms with Crippen LogP contribution in [-0.2, 0) is 11.2 Å². The second-order valence-corrected chi connectivity index (χ2v) is 5.91. The summed E-state index contributed by atoms with van der Waals surface area (Å²) in [5.74, 6) is 1.23. The van der Waals surface area contributed by atoms with E-state index < -0.39 is 0 Å². The first-order valence-electron chi connectivity index (χ1n) is 7.71. The number of carbonyl (C=O) groups excluding carboxylic acids is 1. The third-order valence-electron chi connectivity index (χ3n) is 3.76. The van der Waals surface area contributed by atoms with E-state index in [1.54, 1.807) is 31.4 Å². The number of phenols is 1. The van der Waals surface area contributed by atoms with Crippen LogP contribution in [0.5, 0.6) is 11.5 Å². The topological polar surface area (TPSA) is 58.6 Å². The first-order valence-corrected chi connectivity index (χ1v) is 7.71. The summed E-state index contributed by atoms with van der Waals surface area (Å²) in [5.41, 5.74) is 1.93. The zero-order valence-electron chi connectivity index (χ0n) is 13.7. The van der Waals surface area contributed by atoms with Gasteiger partial charge in [-0.15, -0.1) is 0 Å². The van der Waals surface area contributed by atoms with Crippen LogP contribution in [0.4, 0.5) is 0 Å². The van der Waals surface area contributed by atoms with Crippen LogP contribution in [0.1, 0.15) is 31.0 Å². The Labute approximate surface area is 137 Å². The van der Waals surface area contributed by atoms with Gasteiger partial charge in [0, 0.05) is 0 Å². The van der Waals surface area contributed by atoms with Crippen molar-refractivity contribution in [3.8, 4) is 11.5 Å². The van der Waals surface area contributed by atoms with Crippen molar-refractivity contribution in [2.75, 3.05) is 7.11 Å². The molecule has 0 bridgehead atoms. The van der Waals surface area contributed by atoms with E-state index in [9.17, 15) is 9.90 Å². The molecule has 0 saturated carbocycles. The van der Waals surface area contributed by atoms with E-state index in [2.05, 4.69) is 19.2 Å². The van der Waals surface area contributed by atoms with E-state index in [0.29, 0.717) is 6.42 Å². The minimum absolute atomic E-state index is 0.0368. The molecule has 0 heterocycles. The Morgan fingerprint density at radius 3 is 2.22 bits per heavy atom. The zero-order valence-corrected chi connectivity index (χ0v) is 13.7. The molecule has 0 radical (unpaired) electrons. The first-order chi connectivity index (χ1) is 11.0. The molecule has 2 N–H and O–H groups in total. The molecule has 0 aromatic heterocycles. The summed E-state index contributed by atoms with van der Waals surface area (Å²) >= 11 is 0. The van der Waals surface area contributed by atoms with E-state index in [0.717, 1.165) is 16.9 Å². The molecule has 0 saturated heterocycles. The van der Waals surface area contributed by atoms with Crippen molar-refractivity contribution in [1.29, 1.82) is 0 Å². The minimum Gasteiger partial charge on any atom is -0.508 e. The normalized spacial score (nSPS) is 12.0. The van der Waals surface area contributed by atoms with Crippen molar-refractivity contribution < 1.29 is 14.6 Å². The lowest BCUT2D eigenvalue weighted by Crippen LogP contribution is -2.32. The van der Waals surface area contributed by atoms with Crippen LogP contribution in [0.25, 0.3) is 0 Å². The molecule has 4 nitrogen and oxygen atoms in total. The van der Waals surface area contributed by atoms with Gasteiger partial charge in [0.05, 0.1) is 19.6 Å². The molecule has 1 amide bonds. The van der Waals surface area contributed by atoms with Crippen molar-refractivity contribution in [1.82, 2.24) is 5.32 Å². The van der Waals surface area contributed by atoms with E-state index in [4.69, 9.17) is 4.74 Å². The van der Waals surface area contributed by atoms with Gasteiger partial charge < -0.3 is 15.2 Å². The SMILES string of the molecule is COc1ccc(C(NC(=O)Cc2ccc(O)cc2)C(C)C)cc1. The number of carbonyl (C=O) groups is 1. The minimum atomic E-state index is -0.0504. The Bertz CT molecular complexity index is 633. The largest absolute Gasteiger partial charge is 0.508 e. The molecule has 0 aliphatic rings. The maximum atomic E-state index is 12.3. The molecule has 2 rings (SSSR count). The molecule has 0 spiro atoms. The van der Waals surface area contributed by atoms with Gasteiger partial charge in [-0.05, 0) is 41.3 Å². The number of benzene rings is 2.